The third-order valence-electron chi connectivity index (χ3n) is 3.33. The lowest BCUT2D eigenvalue weighted by atomic mass is 9.84. The molecule has 2 rings (SSSR count). The molecule has 0 unspecified atom stereocenters. The van der Waals surface area contributed by atoms with E-state index in [9.17, 15) is 0 Å². The molecule has 0 radical (unpaired) electrons. The predicted molar refractivity (Wildman–Crippen MR) is 63.0 cm³/mol. The molecule has 0 amide bonds. The number of aliphatic imine (C=N–C) groups is 1. The summed E-state index contributed by atoms with van der Waals surface area (Å²) in [6.45, 7) is 3.09. The van der Waals surface area contributed by atoms with Gasteiger partial charge in [0.15, 0.2) is 5.96 Å². The van der Waals surface area contributed by atoms with Crippen molar-refractivity contribution in [3.05, 3.63) is 0 Å². The van der Waals surface area contributed by atoms with Crippen LogP contribution in [-0.2, 0) is 0 Å². The minimum absolute atomic E-state index is 0.506. The van der Waals surface area contributed by atoms with Gasteiger partial charge in [-0.1, -0.05) is 6.42 Å². The van der Waals surface area contributed by atoms with Crippen LogP contribution < -0.4 is 5.32 Å². The zero-order chi connectivity index (χ0) is 10.0. The quantitative estimate of drug-likeness (QED) is 0.762. The van der Waals surface area contributed by atoms with Gasteiger partial charge in [0.25, 0.3) is 0 Å². The van der Waals surface area contributed by atoms with Crippen molar-refractivity contribution < 1.29 is 0 Å². The second kappa shape index (κ2) is 4.01. The Morgan fingerprint density at radius 3 is 2.79 bits per heavy atom. The van der Waals surface area contributed by atoms with Crippen LogP contribution in [0.2, 0.25) is 0 Å². The Hall–Kier alpha value is -0.380. The highest BCUT2D eigenvalue weighted by molar-refractivity contribution is 8.00. The maximum Gasteiger partial charge on any atom is 0.193 e. The lowest BCUT2D eigenvalue weighted by molar-refractivity contribution is 0.357. The molecule has 1 N–H and O–H groups in total. The fraction of sp³-hybridized carbons (Fsp3) is 0.900. The average molecular weight is 213 g/mol. The van der Waals surface area contributed by atoms with Crippen LogP contribution in [0.5, 0.6) is 0 Å². The first-order valence-electron chi connectivity index (χ1n) is 5.30. The highest BCUT2D eigenvalue weighted by atomic mass is 32.2. The smallest absolute Gasteiger partial charge is 0.193 e. The third kappa shape index (κ3) is 1.85. The number of likely N-dealkylation sites (N-methyl/N-ethyl adjacent to an activating group) is 1. The van der Waals surface area contributed by atoms with Gasteiger partial charge in [0.05, 0.1) is 6.54 Å². The second-order valence-corrected chi connectivity index (χ2v) is 5.50. The molecule has 1 aliphatic heterocycles. The van der Waals surface area contributed by atoms with Crippen molar-refractivity contribution in [3.8, 4) is 0 Å². The van der Waals surface area contributed by atoms with E-state index in [1.165, 1.54) is 19.3 Å². The van der Waals surface area contributed by atoms with E-state index in [0.717, 1.165) is 25.6 Å². The number of hydrogen-bond acceptors (Lipinski definition) is 4. The van der Waals surface area contributed by atoms with Crippen molar-refractivity contribution in [1.29, 1.82) is 0 Å². The van der Waals surface area contributed by atoms with Crippen LogP contribution in [0.4, 0.5) is 0 Å². The maximum atomic E-state index is 4.43. The van der Waals surface area contributed by atoms with E-state index in [-0.39, 0.29) is 0 Å². The first-order valence-corrected chi connectivity index (χ1v) is 6.53. The Morgan fingerprint density at radius 2 is 2.36 bits per heavy atom. The minimum atomic E-state index is 0.506. The molecule has 0 aromatic heterocycles. The molecule has 80 valence electrons. The molecule has 1 fully saturated rings. The first kappa shape index (κ1) is 10.1. The Kier molecular flexibility index (Phi) is 2.91. The SMILES string of the molecule is CSC1(CNC2=NCCN2C)CCC1. The maximum absolute atomic E-state index is 4.43. The number of nitrogens with one attached hydrogen (secondary N) is 1. The second-order valence-electron chi connectivity index (χ2n) is 4.22. The molecule has 1 heterocycles. The zero-order valence-corrected chi connectivity index (χ0v) is 9.86. The summed E-state index contributed by atoms with van der Waals surface area (Å²) >= 11 is 2.01. The van der Waals surface area contributed by atoms with Gasteiger partial charge in [-0.3, -0.25) is 4.99 Å². The summed E-state index contributed by atoms with van der Waals surface area (Å²) in [7, 11) is 2.10. The fourth-order valence-corrected chi connectivity index (χ4v) is 2.90. The number of nitrogens with zero attached hydrogens (tertiary/aromatic N) is 2. The summed E-state index contributed by atoms with van der Waals surface area (Å²) in [6.07, 6.45) is 6.34. The minimum Gasteiger partial charge on any atom is -0.355 e. The van der Waals surface area contributed by atoms with E-state index in [0.29, 0.717) is 4.75 Å². The summed E-state index contributed by atoms with van der Waals surface area (Å²) in [5.41, 5.74) is 0. The van der Waals surface area contributed by atoms with Gasteiger partial charge in [0, 0.05) is 24.9 Å². The molecular formula is C10H19N3S. The molecule has 0 aromatic rings. The summed E-state index contributed by atoms with van der Waals surface area (Å²) < 4.78 is 0.506. The van der Waals surface area contributed by atoms with E-state index < -0.39 is 0 Å². The molecule has 1 aliphatic carbocycles. The predicted octanol–water partition coefficient (Wildman–Crippen LogP) is 1.16. The van der Waals surface area contributed by atoms with Crippen LogP contribution >= 0.6 is 11.8 Å². The number of hydrogen-bond donors (Lipinski definition) is 1. The molecule has 2 aliphatic rings. The van der Waals surface area contributed by atoms with E-state index in [4.69, 9.17) is 0 Å². The van der Waals surface area contributed by atoms with Crippen LogP contribution in [-0.4, -0.2) is 48.5 Å². The molecule has 0 spiro atoms. The third-order valence-corrected chi connectivity index (χ3v) is 4.74. The summed E-state index contributed by atoms with van der Waals surface area (Å²) in [5, 5.41) is 3.48. The summed E-state index contributed by atoms with van der Waals surface area (Å²) in [4.78, 5) is 6.64. The fourth-order valence-electron chi connectivity index (χ4n) is 1.99. The van der Waals surface area contributed by atoms with E-state index >= 15 is 0 Å². The highest BCUT2D eigenvalue weighted by Crippen LogP contribution is 2.42. The van der Waals surface area contributed by atoms with Gasteiger partial charge in [-0.05, 0) is 19.1 Å². The number of thioether (sulfide) groups is 1. The normalized spacial score (nSPS) is 24.4. The largest absolute Gasteiger partial charge is 0.355 e. The van der Waals surface area contributed by atoms with Crippen molar-refractivity contribution in [3.63, 3.8) is 0 Å². The number of rotatable bonds is 3. The summed E-state index contributed by atoms with van der Waals surface area (Å²) in [6, 6.07) is 0. The zero-order valence-electron chi connectivity index (χ0n) is 9.05. The first-order chi connectivity index (χ1) is 6.76. The van der Waals surface area contributed by atoms with Gasteiger partial charge in [-0.15, -0.1) is 0 Å². The van der Waals surface area contributed by atoms with Crippen LogP contribution in [0.1, 0.15) is 19.3 Å². The lowest BCUT2D eigenvalue weighted by Crippen LogP contribution is -2.47. The van der Waals surface area contributed by atoms with Gasteiger partial charge < -0.3 is 10.2 Å². The van der Waals surface area contributed by atoms with Crippen LogP contribution in [0.3, 0.4) is 0 Å². The molecule has 0 atom stereocenters. The van der Waals surface area contributed by atoms with E-state index in [1.807, 2.05) is 11.8 Å². The topological polar surface area (TPSA) is 27.6 Å². The van der Waals surface area contributed by atoms with Crippen molar-refractivity contribution >= 4 is 17.7 Å². The van der Waals surface area contributed by atoms with Crippen molar-refractivity contribution in [2.75, 3.05) is 32.9 Å². The van der Waals surface area contributed by atoms with Gasteiger partial charge in [-0.25, -0.2) is 0 Å². The van der Waals surface area contributed by atoms with Gasteiger partial charge in [0.1, 0.15) is 0 Å². The van der Waals surface area contributed by atoms with E-state index in [2.05, 4.69) is 28.5 Å². The standard InChI is InChI=1S/C10H19N3S/c1-13-7-6-11-9(13)12-8-10(14-2)4-3-5-10/h3-8H2,1-2H3,(H,11,12). The van der Waals surface area contributed by atoms with Gasteiger partial charge in [0.2, 0.25) is 0 Å². The average Bonchev–Trinajstić information content (AvgIpc) is 2.51. The van der Waals surface area contributed by atoms with Gasteiger partial charge >= 0.3 is 0 Å². The summed E-state index contributed by atoms with van der Waals surface area (Å²) in [5.74, 6) is 1.09. The van der Waals surface area contributed by atoms with Crippen LogP contribution in [0, 0.1) is 0 Å². The van der Waals surface area contributed by atoms with Crippen molar-refractivity contribution in [2.45, 2.75) is 24.0 Å². The molecule has 0 saturated heterocycles. The molecule has 14 heavy (non-hydrogen) atoms. The van der Waals surface area contributed by atoms with Crippen molar-refractivity contribution in [2.24, 2.45) is 4.99 Å². The number of guanidine groups is 1. The Balaban J connectivity index is 1.81. The monoisotopic (exact) mass is 213 g/mol. The Labute approximate surface area is 90.3 Å². The van der Waals surface area contributed by atoms with Crippen molar-refractivity contribution in [1.82, 2.24) is 10.2 Å². The molecule has 0 bridgehead atoms. The van der Waals surface area contributed by atoms with Crippen LogP contribution in [0.15, 0.2) is 4.99 Å². The molecular weight excluding hydrogens is 194 g/mol. The van der Waals surface area contributed by atoms with E-state index in [1.54, 1.807) is 0 Å². The molecule has 1 saturated carbocycles. The van der Waals surface area contributed by atoms with Crippen LogP contribution in [0.25, 0.3) is 0 Å². The van der Waals surface area contributed by atoms with Gasteiger partial charge in [-0.2, -0.15) is 11.8 Å². The molecule has 4 heteroatoms. The molecule has 0 aromatic carbocycles. The lowest BCUT2D eigenvalue weighted by Gasteiger charge is -2.40. The Morgan fingerprint density at radius 1 is 1.57 bits per heavy atom. The molecule has 3 nitrogen and oxygen atoms in total. The Bertz CT molecular complexity index is 230. The highest BCUT2D eigenvalue weighted by Gasteiger charge is 2.36.